The average Bonchev–Trinajstić information content (AvgIpc) is 0.905. The van der Waals surface area contributed by atoms with Crippen molar-refractivity contribution in [2.75, 3.05) is 34.3 Å². The molecule has 0 bridgehead atoms. The third-order valence-corrected chi connectivity index (χ3v) is 17.1. The zero-order valence-electron chi connectivity index (χ0n) is 53.2. The third-order valence-electron chi connectivity index (χ3n) is 17.1. The molecular weight excluding hydrogens is 1180 g/mol. The Morgan fingerprint density at radius 3 is 0.381 bits per heavy atom. The summed E-state index contributed by atoms with van der Waals surface area (Å²) in [5.74, 6) is 1.70. The Bertz CT molecular complexity index is 4540. The molecule has 0 unspecified atom stereocenters. The summed E-state index contributed by atoms with van der Waals surface area (Å²) in [7, 11) is 0. The highest BCUT2D eigenvalue weighted by Crippen LogP contribution is 2.46. The lowest BCUT2D eigenvalue weighted by molar-refractivity contribution is 1.18. The van der Waals surface area contributed by atoms with Crippen molar-refractivity contribution in [3.05, 3.63) is 407 Å². The monoisotopic (exact) mass is 1250 g/mol. The van der Waals surface area contributed by atoms with Crippen molar-refractivity contribution >= 4 is 120 Å². The molecule has 0 atom stereocenters. The second-order valence-electron chi connectivity index (χ2n) is 23.2. The van der Waals surface area contributed by atoms with E-state index >= 15 is 0 Å². The van der Waals surface area contributed by atoms with Crippen molar-refractivity contribution in [1.29, 1.82) is 0 Å². The van der Waals surface area contributed by atoms with Crippen LogP contribution >= 0.6 is 0 Å². The molecule has 0 saturated carbocycles. The summed E-state index contributed by atoms with van der Waals surface area (Å²) in [6.07, 6.45) is 3.67. The summed E-state index contributed by atoms with van der Waals surface area (Å²) in [6.45, 7) is 0. The average molecular weight is 1250 g/mol. The minimum atomic E-state index is 0.848. The van der Waals surface area contributed by atoms with E-state index in [1.807, 2.05) is 60.9 Å². The van der Waals surface area contributed by atoms with Gasteiger partial charge >= 0.3 is 0 Å². The minimum absolute atomic E-state index is 0.848. The van der Waals surface area contributed by atoms with Crippen molar-refractivity contribution in [2.45, 2.75) is 0 Å². The largest absolute Gasteiger partial charge is 0.311 e. The number of rotatable bonds is 21. The van der Waals surface area contributed by atoms with Crippen molar-refractivity contribution in [1.82, 2.24) is 9.97 Å². The molecule has 0 aliphatic rings. The second kappa shape index (κ2) is 28.3. The van der Waals surface area contributed by atoms with Gasteiger partial charge in [0.2, 0.25) is 0 Å². The van der Waals surface area contributed by atoms with Gasteiger partial charge in [0.05, 0.1) is 0 Å². The van der Waals surface area contributed by atoms with E-state index < -0.39 is 0 Å². The topological polar surface area (TPSA) is 48.5 Å². The highest BCUT2D eigenvalue weighted by atomic mass is 15.2. The molecule has 9 heteroatoms. The number of nitrogens with zero attached hydrogens (tertiary/aromatic N) is 9. The van der Waals surface area contributed by atoms with Gasteiger partial charge in [0.15, 0.2) is 0 Å². The summed E-state index contributed by atoms with van der Waals surface area (Å²) >= 11 is 0. The Labute approximate surface area is 567 Å². The molecule has 464 valence electrons. The molecule has 15 rings (SSSR count). The maximum atomic E-state index is 4.75. The quantitative estimate of drug-likeness (QED) is 0.0700. The van der Waals surface area contributed by atoms with Gasteiger partial charge in [0.25, 0.3) is 0 Å². The Morgan fingerprint density at radius 2 is 0.237 bits per heavy atom. The molecule has 0 saturated heterocycles. The molecule has 2 aromatic heterocycles. The predicted octanol–water partition coefficient (Wildman–Crippen LogP) is 24.8. The van der Waals surface area contributed by atoms with E-state index in [0.29, 0.717) is 0 Å². The van der Waals surface area contributed by atoms with E-state index in [1.165, 1.54) is 0 Å². The molecule has 0 amide bonds. The van der Waals surface area contributed by atoms with Gasteiger partial charge in [-0.3, -0.25) is 9.80 Å². The van der Waals surface area contributed by atoms with Crippen LogP contribution in [0.15, 0.2) is 407 Å². The number of anilines is 21. The fraction of sp³-hybridized carbons (Fsp3) is 0. The molecule has 13 aromatic carbocycles. The van der Waals surface area contributed by atoms with Crippen molar-refractivity contribution in [2.24, 2.45) is 0 Å². The van der Waals surface area contributed by atoms with Crippen LogP contribution in [0.4, 0.5) is 120 Å². The van der Waals surface area contributed by atoms with Gasteiger partial charge in [-0.2, -0.15) is 0 Å². The van der Waals surface area contributed by atoms with Gasteiger partial charge < -0.3 is 24.5 Å². The molecule has 0 spiro atoms. The highest BCUT2D eigenvalue weighted by Gasteiger charge is 2.23. The van der Waals surface area contributed by atoms with E-state index in [-0.39, 0.29) is 0 Å². The molecule has 9 nitrogen and oxygen atoms in total. The molecule has 0 N–H and O–H groups in total. The Hall–Kier alpha value is -13.2. The van der Waals surface area contributed by atoms with E-state index in [2.05, 4.69) is 380 Å². The van der Waals surface area contributed by atoms with Gasteiger partial charge in [-0.25, -0.2) is 9.97 Å². The Balaban J connectivity index is 0.719. The van der Waals surface area contributed by atoms with Crippen molar-refractivity contribution < 1.29 is 0 Å². The first kappa shape index (κ1) is 60.0. The first-order valence-corrected chi connectivity index (χ1v) is 32.5. The smallest absolute Gasteiger partial charge is 0.137 e. The van der Waals surface area contributed by atoms with Gasteiger partial charge in [0.1, 0.15) is 11.6 Å². The lowest BCUT2D eigenvalue weighted by atomic mass is 10.1. The summed E-state index contributed by atoms with van der Waals surface area (Å²) < 4.78 is 0. The predicted molar refractivity (Wildman–Crippen MR) is 405 cm³/mol. The fourth-order valence-electron chi connectivity index (χ4n) is 12.6. The minimum Gasteiger partial charge on any atom is -0.311 e. The number of pyridine rings is 2. The molecule has 0 fully saturated rings. The van der Waals surface area contributed by atoms with Crippen LogP contribution in [0.1, 0.15) is 0 Å². The van der Waals surface area contributed by atoms with Crippen LogP contribution < -0.4 is 34.3 Å². The third kappa shape index (κ3) is 13.1. The molecule has 97 heavy (non-hydrogen) atoms. The number of hydrogen-bond donors (Lipinski definition) is 0. The molecule has 2 heterocycles. The Morgan fingerprint density at radius 1 is 0.113 bits per heavy atom. The molecule has 15 aromatic rings. The van der Waals surface area contributed by atoms with Gasteiger partial charge in [-0.15, -0.1) is 0 Å². The first-order valence-electron chi connectivity index (χ1n) is 32.5. The fourth-order valence-corrected chi connectivity index (χ4v) is 12.6. The SMILES string of the molecule is c1ccc(N(c2ccc(N(c3ccccc3)c3ccc(N(c4ccccc4)c4ccc(N(c5ccccc5)c5ccccn5)cc4)cc3)cc2)c2ccc(N(c3ccccc3)c3ccc(N(c4ccccc4)c4ccc(N(c5ccccc5)c5ccccn5)cc4)cc3)cc2)cc1. The van der Waals surface area contributed by atoms with E-state index in [9.17, 15) is 0 Å². The number of aromatic nitrogens is 2. The molecule has 0 radical (unpaired) electrons. The first-order chi connectivity index (χ1) is 48.1. The number of hydrogen-bond acceptors (Lipinski definition) is 9. The summed E-state index contributed by atoms with van der Waals surface area (Å²) in [5, 5.41) is 0. The molecular formula is C88H67N9. The normalized spacial score (nSPS) is 10.9. The standard InChI is InChI=1S/C88H67N9/c1-8-26-68(27-9-1)91(75-42-46-77(47-43-75)92(69-28-10-2-11-29-69)79-50-54-81(55-51-79)94(71-32-14-4-15-33-71)83-58-62-85(63-59-83)96(73-36-18-6-19-37-73)87-40-22-24-66-89-87)76-44-48-78(49-45-76)93(70-30-12-3-13-31-70)80-52-56-82(57-53-80)95(72-34-16-5-17-35-72)84-60-64-86(65-61-84)97(74-38-20-7-21-39-74)88-41-23-25-67-90-88/h1-67H. The highest BCUT2D eigenvalue weighted by molar-refractivity contribution is 5.88. The van der Waals surface area contributed by atoms with Crippen molar-refractivity contribution in [3.63, 3.8) is 0 Å². The van der Waals surface area contributed by atoms with E-state index in [1.54, 1.807) is 0 Å². The number of para-hydroxylation sites is 7. The lowest BCUT2D eigenvalue weighted by Gasteiger charge is -2.30. The maximum Gasteiger partial charge on any atom is 0.137 e. The molecule has 0 aliphatic heterocycles. The summed E-state index contributed by atoms with van der Waals surface area (Å²) in [4.78, 5) is 25.4. The van der Waals surface area contributed by atoms with E-state index in [4.69, 9.17) is 9.97 Å². The zero-order chi connectivity index (χ0) is 65.0. The van der Waals surface area contributed by atoms with Crippen LogP contribution in [-0.2, 0) is 0 Å². The second-order valence-corrected chi connectivity index (χ2v) is 23.2. The zero-order valence-corrected chi connectivity index (χ0v) is 53.2. The summed E-state index contributed by atoms with van der Waals surface area (Å²) in [6, 6.07) is 139. The Kier molecular flexibility index (Phi) is 17.5. The van der Waals surface area contributed by atoms with E-state index in [0.717, 1.165) is 120 Å². The van der Waals surface area contributed by atoms with Gasteiger partial charge in [-0.1, -0.05) is 140 Å². The van der Waals surface area contributed by atoms with Crippen molar-refractivity contribution in [3.8, 4) is 0 Å². The summed E-state index contributed by atoms with van der Waals surface area (Å²) in [5.41, 5.74) is 19.6. The maximum absolute atomic E-state index is 4.75. The number of benzene rings is 13. The van der Waals surface area contributed by atoms with Crippen LogP contribution in [0, 0.1) is 0 Å². The lowest BCUT2D eigenvalue weighted by Crippen LogP contribution is -2.14. The van der Waals surface area contributed by atoms with Crippen LogP contribution in [0.5, 0.6) is 0 Å². The van der Waals surface area contributed by atoms with Crippen LogP contribution in [0.2, 0.25) is 0 Å². The van der Waals surface area contributed by atoms with Crippen LogP contribution in [0.3, 0.4) is 0 Å². The van der Waals surface area contributed by atoms with Gasteiger partial charge in [-0.05, 0) is 255 Å². The molecule has 0 aliphatic carbocycles. The van der Waals surface area contributed by atoms with Crippen LogP contribution in [-0.4, -0.2) is 9.97 Å². The van der Waals surface area contributed by atoms with Crippen LogP contribution in [0.25, 0.3) is 0 Å². The van der Waals surface area contributed by atoms with Gasteiger partial charge in [0, 0.05) is 120 Å².